The maximum absolute atomic E-state index is 14.0. The molecule has 0 spiro atoms. The summed E-state index contributed by atoms with van der Waals surface area (Å²) in [5.41, 5.74) is -3.32. The Morgan fingerprint density at radius 3 is 2.35 bits per heavy atom. The van der Waals surface area contributed by atoms with Crippen LogP contribution in [0.25, 0.3) is 0 Å². The van der Waals surface area contributed by atoms with Crippen LogP contribution < -0.4 is 22.3 Å². The lowest BCUT2D eigenvalue weighted by molar-refractivity contribution is -0.0653. The number of benzene rings is 1. The van der Waals surface area contributed by atoms with Gasteiger partial charge in [-0.3, -0.25) is 32.8 Å². The Morgan fingerprint density at radius 2 is 1.76 bits per heavy atom. The normalized spacial score (nSPS) is 27.2. The third-order valence-corrected chi connectivity index (χ3v) is 21.6. The number of nitrogens with zero attached hydrogens (tertiary/aromatic N) is 3. The zero-order valence-corrected chi connectivity index (χ0v) is 34.8. The van der Waals surface area contributed by atoms with Crippen molar-refractivity contribution in [3.05, 3.63) is 91.5 Å². The standard InChI is InChI=1S/C34H49FN5O12PSi2/c1-33(2,3)55(7,8)27-30(39-15-14-25(37-31(39)44)36-28(42)20-12-10-9-11-13-20)51-24(34(27,46)54(4,5)6)19-49-53(47,48)52-22-16-26(50-23(22)18-41)40-17-21(35)29(43)38-32(40)45/h9-15,17,22-24,26-27,30,41,46H,16,18-19H2,1-8H3,(H,47,48)(H,38,43,45)(H,36,37,42,44)/t22?,23-,24+,26-,27?,30+,34?/m1/s1. The number of anilines is 1. The SMILES string of the molecule is CC(C)(C)[Si](C)(C)C1[C@@H](n2ccc(NC(=O)c3ccccc3)nc2=O)O[C@@H](COP(=O)(O)OC2C[C@H](n3cc(F)c(=O)[nH]c3=O)O[C@@H]2CO)C1(O)[Si](C)(C)C. The summed E-state index contributed by atoms with van der Waals surface area (Å²) < 4.78 is 52.6. The second kappa shape index (κ2) is 15.5. The van der Waals surface area contributed by atoms with Gasteiger partial charge in [0.25, 0.3) is 11.5 Å². The second-order valence-electron chi connectivity index (χ2n) is 16.5. The molecule has 1 amide bonds. The van der Waals surface area contributed by atoms with E-state index < -0.39 is 107 Å². The number of ether oxygens (including phenoxy) is 2. The minimum Gasteiger partial charge on any atom is -0.394 e. The number of halogens is 1. The van der Waals surface area contributed by atoms with E-state index >= 15 is 0 Å². The zero-order chi connectivity index (χ0) is 40.9. The number of carbonyl (C=O) groups is 1. The summed E-state index contributed by atoms with van der Waals surface area (Å²) in [6.07, 6.45) is -4.44. The third kappa shape index (κ3) is 8.48. The average Bonchev–Trinajstić information content (AvgIpc) is 3.63. The molecule has 2 fully saturated rings. The van der Waals surface area contributed by atoms with Crippen molar-refractivity contribution in [2.75, 3.05) is 18.5 Å². The smallest absolute Gasteiger partial charge is 0.394 e. The Morgan fingerprint density at radius 1 is 1.11 bits per heavy atom. The first-order chi connectivity index (χ1) is 25.4. The molecular formula is C34H49FN5O12PSi2. The summed E-state index contributed by atoms with van der Waals surface area (Å²) in [4.78, 5) is 67.2. The number of nitrogens with one attached hydrogen (secondary N) is 2. The summed E-state index contributed by atoms with van der Waals surface area (Å²) in [5, 5.41) is 23.6. The Kier molecular flexibility index (Phi) is 12.0. The van der Waals surface area contributed by atoms with Crippen molar-refractivity contribution < 1.29 is 47.4 Å². The van der Waals surface area contributed by atoms with Crippen LogP contribution in [0, 0.1) is 5.82 Å². The van der Waals surface area contributed by atoms with Gasteiger partial charge in [0, 0.05) is 23.7 Å². The van der Waals surface area contributed by atoms with Crippen LogP contribution in [0.5, 0.6) is 0 Å². The lowest BCUT2D eigenvalue weighted by Gasteiger charge is -2.52. The average molecular weight is 826 g/mol. The van der Waals surface area contributed by atoms with Gasteiger partial charge in [-0.2, -0.15) is 9.37 Å². The molecule has 0 saturated carbocycles. The topological polar surface area (TPSA) is 234 Å². The number of phosphoric ester groups is 1. The van der Waals surface area contributed by atoms with Crippen LogP contribution in [-0.2, 0) is 23.1 Å². The summed E-state index contributed by atoms with van der Waals surface area (Å²) >= 11 is 0. The summed E-state index contributed by atoms with van der Waals surface area (Å²) in [6.45, 7) is 14.7. The van der Waals surface area contributed by atoms with E-state index in [0.717, 1.165) is 4.57 Å². The Bertz CT molecular complexity index is 2120. The third-order valence-electron chi connectivity index (χ3n) is 11.1. The quantitative estimate of drug-likeness (QED) is 0.130. The van der Waals surface area contributed by atoms with Crippen molar-refractivity contribution in [3.8, 4) is 0 Å². The zero-order valence-electron chi connectivity index (χ0n) is 31.9. The predicted molar refractivity (Wildman–Crippen MR) is 204 cm³/mol. The van der Waals surface area contributed by atoms with Crippen molar-refractivity contribution in [1.29, 1.82) is 0 Å². The number of aromatic nitrogens is 4. The number of H-pyrrole nitrogens is 1. The molecule has 21 heteroatoms. The molecule has 2 aromatic heterocycles. The van der Waals surface area contributed by atoms with Gasteiger partial charge in [0.2, 0.25) is 5.82 Å². The molecular weight excluding hydrogens is 777 g/mol. The van der Waals surface area contributed by atoms with E-state index in [9.17, 15) is 43.2 Å². The van der Waals surface area contributed by atoms with Gasteiger partial charge >= 0.3 is 19.2 Å². The van der Waals surface area contributed by atoms with E-state index in [1.165, 1.54) is 16.8 Å². The van der Waals surface area contributed by atoms with Crippen LogP contribution in [0.15, 0.2) is 63.2 Å². The monoisotopic (exact) mass is 825 g/mol. The highest BCUT2D eigenvalue weighted by Crippen LogP contribution is 2.61. The number of aliphatic hydroxyl groups excluding tert-OH is 1. The molecule has 5 rings (SSSR count). The Balaban J connectivity index is 1.43. The lowest BCUT2D eigenvalue weighted by Crippen LogP contribution is -2.66. The van der Waals surface area contributed by atoms with Crippen molar-refractivity contribution in [3.63, 3.8) is 0 Å². The first kappa shape index (κ1) is 42.7. The molecule has 5 N–H and O–H groups in total. The highest BCUT2D eigenvalue weighted by molar-refractivity contribution is 7.47. The number of carbonyl (C=O) groups excluding carboxylic acids is 1. The number of aliphatic hydroxyl groups is 2. The van der Waals surface area contributed by atoms with Crippen molar-refractivity contribution in [2.24, 2.45) is 0 Å². The van der Waals surface area contributed by atoms with E-state index in [0.29, 0.717) is 11.8 Å². The number of phosphoric acid groups is 1. The van der Waals surface area contributed by atoms with Gasteiger partial charge in [0.1, 0.15) is 36.6 Å². The number of hydrogen-bond acceptors (Lipinski definition) is 12. The van der Waals surface area contributed by atoms with Crippen molar-refractivity contribution >= 4 is 35.7 Å². The summed E-state index contributed by atoms with van der Waals surface area (Å²) in [5.74, 6) is -1.73. The number of aromatic amines is 1. The minimum atomic E-state index is -5.04. The molecule has 0 radical (unpaired) electrons. The second-order valence-corrected chi connectivity index (χ2v) is 28.7. The highest BCUT2D eigenvalue weighted by Gasteiger charge is 2.68. The fraction of sp³-hybridized carbons (Fsp3) is 0.559. The van der Waals surface area contributed by atoms with Gasteiger partial charge in [-0.05, 0) is 23.2 Å². The van der Waals surface area contributed by atoms with Crippen LogP contribution in [0.3, 0.4) is 0 Å². The first-order valence-electron chi connectivity index (χ1n) is 17.7. The molecule has 3 aromatic rings. The van der Waals surface area contributed by atoms with Crippen LogP contribution in [-0.4, -0.2) is 93.0 Å². The summed E-state index contributed by atoms with van der Waals surface area (Å²) in [6, 6.07) is 9.85. The van der Waals surface area contributed by atoms with Gasteiger partial charge in [0.05, 0.1) is 40.8 Å². The fourth-order valence-corrected chi connectivity index (χ4v) is 15.8. The summed E-state index contributed by atoms with van der Waals surface area (Å²) in [7, 11) is -10.6. The van der Waals surface area contributed by atoms with Gasteiger partial charge in [-0.25, -0.2) is 14.2 Å². The van der Waals surface area contributed by atoms with Crippen molar-refractivity contribution in [1.82, 2.24) is 19.1 Å². The van der Waals surface area contributed by atoms with E-state index in [4.69, 9.17) is 18.5 Å². The molecule has 4 unspecified atom stereocenters. The minimum absolute atomic E-state index is 0.00515. The van der Waals surface area contributed by atoms with Crippen molar-refractivity contribution in [2.45, 2.75) is 106 Å². The molecule has 0 bridgehead atoms. The molecule has 1 aromatic carbocycles. The van der Waals surface area contributed by atoms with Gasteiger partial charge in [0.15, 0.2) is 0 Å². The molecule has 2 saturated heterocycles. The van der Waals surface area contributed by atoms with Crippen LogP contribution >= 0.6 is 7.82 Å². The largest absolute Gasteiger partial charge is 0.472 e. The molecule has 2 aliphatic heterocycles. The maximum Gasteiger partial charge on any atom is 0.472 e. The molecule has 55 heavy (non-hydrogen) atoms. The predicted octanol–water partition coefficient (Wildman–Crippen LogP) is 3.35. The van der Waals surface area contributed by atoms with Crippen LogP contribution in [0.1, 0.15) is 50.0 Å². The van der Waals surface area contributed by atoms with E-state index in [1.54, 1.807) is 35.3 Å². The van der Waals surface area contributed by atoms with E-state index in [2.05, 4.69) is 23.4 Å². The van der Waals surface area contributed by atoms with Gasteiger partial charge in [-0.15, -0.1) is 0 Å². The van der Waals surface area contributed by atoms with Gasteiger partial charge in [-0.1, -0.05) is 71.7 Å². The van der Waals surface area contributed by atoms with Crippen LogP contribution in [0.2, 0.25) is 43.3 Å². The number of hydrogen-bond donors (Lipinski definition) is 5. The molecule has 0 aliphatic carbocycles. The maximum atomic E-state index is 14.0. The molecule has 17 nitrogen and oxygen atoms in total. The lowest BCUT2D eigenvalue weighted by atomic mass is 10.1. The van der Waals surface area contributed by atoms with E-state index in [1.807, 2.05) is 40.4 Å². The van der Waals surface area contributed by atoms with E-state index in [-0.39, 0.29) is 17.3 Å². The molecule has 4 heterocycles. The van der Waals surface area contributed by atoms with Crippen LogP contribution in [0.4, 0.5) is 10.2 Å². The molecule has 2 aliphatic rings. The molecule has 302 valence electrons. The first-order valence-corrected chi connectivity index (χ1v) is 25.7. The van der Waals surface area contributed by atoms with Gasteiger partial charge < -0.3 is 29.9 Å². The number of amides is 1. The highest BCUT2D eigenvalue weighted by atomic mass is 31.2. The molecule has 8 atom stereocenters. The fourth-order valence-electron chi connectivity index (χ4n) is 7.12. The Hall–Kier alpha value is -3.44. The Labute approximate surface area is 318 Å². The number of rotatable bonds is 12.